The van der Waals surface area contributed by atoms with E-state index in [-0.39, 0.29) is 33.4 Å². The lowest BCUT2D eigenvalue weighted by molar-refractivity contribution is -0.383. The number of nitrogens with one attached hydrogen (secondary N) is 2. The molecule has 2 N–H and O–H groups in total. The van der Waals surface area contributed by atoms with Crippen LogP contribution in [0.4, 0.5) is 34.1 Å². The van der Waals surface area contributed by atoms with Gasteiger partial charge in [-0.2, -0.15) is 0 Å². The number of hydrogen-bond acceptors (Lipinski definition) is 12. The average Bonchev–Trinajstić information content (AvgIpc) is 3.55. The van der Waals surface area contributed by atoms with E-state index in [1.165, 1.54) is 24.3 Å². The third kappa shape index (κ3) is 3.28. The van der Waals surface area contributed by atoms with Crippen LogP contribution in [-0.4, -0.2) is 30.5 Å². The van der Waals surface area contributed by atoms with Crippen LogP contribution in [0.3, 0.4) is 0 Å². The Kier molecular flexibility index (Phi) is 4.64. The summed E-state index contributed by atoms with van der Waals surface area (Å²) in [6.45, 7) is 0. The Morgan fingerprint density at radius 1 is 0.556 bits per heavy atom. The van der Waals surface area contributed by atoms with E-state index >= 15 is 0 Å². The molecule has 0 aliphatic rings. The van der Waals surface area contributed by atoms with Gasteiger partial charge in [-0.3, -0.25) is 20.2 Å². The molecule has 2 aromatic heterocycles. The smallest absolute Gasteiger partial charge is 0.300 e. The van der Waals surface area contributed by atoms with Gasteiger partial charge in [0, 0.05) is 34.3 Å². The molecule has 0 spiro atoms. The number of benzene rings is 4. The SMILES string of the molecule is O=[N+]([O-])c1ccc(Nc2cccc3c(Nc4ccc([N+](=O)[O-])c5nonc45)cccc23)c2nonc12. The van der Waals surface area contributed by atoms with Crippen LogP contribution < -0.4 is 10.6 Å². The van der Waals surface area contributed by atoms with E-state index in [2.05, 4.69) is 31.3 Å². The van der Waals surface area contributed by atoms with E-state index in [9.17, 15) is 20.2 Å². The third-order valence-corrected chi connectivity index (χ3v) is 5.64. The highest BCUT2D eigenvalue weighted by molar-refractivity contribution is 6.06. The van der Waals surface area contributed by atoms with Crippen LogP contribution in [0, 0.1) is 20.2 Å². The van der Waals surface area contributed by atoms with E-state index in [0.717, 1.165) is 10.8 Å². The highest BCUT2D eigenvalue weighted by Gasteiger charge is 2.21. The predicted molar refractivity (Wildman–Crippen MR) is 127 cm³/mol. The number of fused-ring (bicyclic) bond motifs is 3. The summed E-state index contributed by atoms with van der Waals surface area (Å²) in [6, 6.07) is 16.9. The van der Waals surface area contributed by atoms with E-state index in [0.29, 0.717) is 22.7 Å². The first kappa shape index (κ1) is 20.9. The molecule has 0 atom stereocenters. The predicted octanol–water partition coefficient (Wildman–Crippen LogP) is 5.22. The van der Waals surface area contributed by atoms with Crippen molar-refractivity contribution >= 4 is 67.0 Å². The number of nitrogens with zero attached hydrogens (tertiary/aromatic N) is 6. The molecule has 14 heteroatoms. The first-order valence-corrected chi connectivity index (χ1v) is 10.4. The maximum atomic E-state index is 11.3. The summed E-state index contributed by atoms with van der Waals surface area (Å²) in [5.41, 5.74) is 2.46. The molecule has 0 unspecified atom stereocenters. The molecule has 0 amide bonds. The van der Waals surface area contributed by atoms with Gasteiger partial charge in [0.25, 0.3) is 0 Å². The second-order valence-electron chi connectivity index (χ2n) is 7.66. The Labute approximate surface area is 198 Å². The lowest BCUT2D eigenvalue weighted by Gasteiger charge is -2.14. The first-order valence-electron chi connectivity index (χ1n) is 10.4. The van der Waals surface area contributed by atoms with Crippen molar-refractivity contribution < 1.29 is 19.1 Å². The molecule has 176 valence electrons. The van der Waals surface area contributed by atoms with Gasteiger partial charge < -0.3 is 10.6 Å². The van der Waals surface area contributed by atoms with Crippen molar-refractivity contribution in [3.8, 4) is 0 Å². The topological polar surface area (TPSA) is 188 Å². The zero-order chi connectivity index (χ0) is 24.8. The summed E-state index contributed by atoms with van der Waals surface area (Å²) in [7, 11) is 0. The Bertz CT molecular complexity index is 1700. The van der Waals surface area contributed by atoms with E-state index < -0.39 is 9.85 Å². The van der Waals surface area contributed by atoms with Crippen LogP contribution in [0.15, 0.2) is 69.9 Å². The van der Waals surface area contributed by atoms with Crippen molar-refractivity contribution in [1.29, 1.82) is 0 Å². The van der Waals surface area contributed by atoms with E-state index in [1.807, 2.05) is 36.4 Å². The lowest BCUT2D eigenvalue weighted by atomic mass is 10.1. The minimum atomic E-state index is -0.550. The normalized spacial score (nSPS) is 11.2. The molecular formula is C22H12N8O6. The van der Waals surface area contributed by atoms with E-state index in [1.54, 1.807) is 0 Å². The zero-order valence-electron chi connectivity index (χ0n) is 17.9. The fourth-order valence-electron chi connectivity index (χ4n) is 4.02. The van der Waals surface area contributed by atoms with Gasteiger partial charge in [-0.1, -0.05) is 24.3 Å². The van der Waals surface area contributed by atoms with Gasteiger partial charge in [-0.05, 0) is 44.9 Å². The van der Waals surface area contributed by atoms with Gasteiger partial charge in [0.15, 0.2) is 11.0 Å². The number of rotatable bonds is 6. The number of aromatic nitrogens is 4. The molecule has 0 aliphatic heterocycles. The number of nitro groups is 2. The summed E-state index contributed by atoms with van der Waals surface area (Å²) in [6.07, 6.45) is 0. The molecular weight excluding hydrogens is 472 g/mol. The van der Waals surface area contributed by atoms with Crippen molar-refractivity contribution in [3.63, 3.8) is 0 Å². The summed E-state index contributed by atoms with van der Waals surface area (Å²) >= 11 is 0. The summed E-state index contributed by atoms with van der Waals surface area (Å²) in [5.74, 6) is 0. The van der Waals surface area contributed by atoms with Crippen LogP contribution >= 0.6 is 0 Å². The third-order valence-electron chi connectivity index (χ3n) is 5.64. The minimum Gasteiger partial charge on any atom is -0.353 e. The maximum Gasteiger partial charge on any atom is 0.300 e. The van der Waals surface area contributed by atoms with Crippen molar-refractivity contribution in [3.05, 3.63) is 80.9 Å². The average molecular weight is 484 g/mol. The van der Waals surface area contributed by atoms with Crippen molar-refractivity contribution in [1.82, 2.24) is 20.6 Å². The Morgan fingerprint density at radius 3 is 1.39 bits per heavy atom. The lowest BCUT2D eigenvalue weighted by Crippen LogP contribution is -1.97. The fraction of sp³-hybridized carbons (Fsp3) is 0. The molecule has 0 saturated heterocycles. The molecule has 2 heterocycles. The fourth-order valence-corrected chi connectivity index (χ4v) is 4.02. The Hall–Kier alpha value is -5.66. The summed E-state index contributed by atoms with van der Waals surface area (Å²) < 4.78 is 9.49. The highest BCUT2D eigenvalue weighted by atomic mass is 16.6. The minimum absolute atomic E-state index is 0.0380. The molecule has 6 rings (SSSR count). The maximum absolute atomic E-state index is 11.3. The molecule has 0 saturated carbocycles. The van der Waals surface area contributed by atoms with Crippen LogP contribution in [0.1, 0.15) is 0 Å². The first-order chi connectivity index (χ1) is 17.5. The quantitative estimate of drug-likeness (QED) is 0.232. The van der Waals surface area contributed by atoms with Gasteiger partial charge in [0.05, 0.1) is 21.2 Å². The van der Waals surface area contributed by atoms with Gasteiger partial charge >= 0.3 is 11.4 Å². The Morgan fingerprint density at radius 2 is 0.972 bits per heavy atom. The van der Waals surface area contributed by atoms with Crippen molar-refractivity contribution in [2.45, 2.75) is 0 Å². The summed E-state index contributed by atoms with van der Waals surface area (Å²) in [4.78, 5) is 21.5. The molecule has 0 radical (unpaired) electrons. The van der Waals surface area contributed by atoms with Crippen LogP contribution in [-0.2, 0) is 0 Å². The largest absolute Gasteiger partial charge is 0.353 e. The van der Waals surface area contributed by atoms with Gasteiger partial charge in [-0.25, -0.2) is 9.26 Å². The molecule has 14 nitrogen and oxygen atoms in total. The zero-order valence-corrected chi connectivity index (χ0v) is 17.9. The second-order valence-corrected chi connectivity index (χ2v) is 7.66. The number of anilines is 4. The number of nitro benzene ring substituents is 2. The standard InChI is InChI=1S/C22H12N8O6/c31-29(32)17-9-7-15(19-21(17)27-35-25-19)23-13-5-1-3-11-12(13)4-2-6-14(11)24-16-8-10-18(30(33)34)22-20(16)26-36-28-22/h1-10,23-24H. The van der Waals surface area contributed by atoms with Crippen molar-refractivity contribution in [2.75, 3.05) is 10.6 Å². The van der Waals surface area contributed by atoms with E-state index in [4.69, 9.17) is 9.26 Å². The highest BCUT2D eigenvalue weighted by Crippen LogP contribution is 2.37. The Balaban J connectivity index is 1.41. The van der Waals surface area contributed by atoms with Gasteiger partial charge in [0.2, 0.25) is 11.0 Å². The van der Waals surface area contributed by atoms with Crippen LogP contribution in [0.25, 0.3) is 32.8 Å². The second kappa shape index (κ2) is 7.98. The molecule has 36 heavy (non-hydrogen) atoms. The van der Waals surface area contributed by atoms with Gasteiger partial charge in [-0.15, -0.1) is 0 Å². The number of hydrogen-bond donors (Lipinski definition) is 2. The molecule has 0 aliphatic carbocycles. The molecule has 0 fully saturated rings. The van der Waals surface area contributed by atoms with Crippen LogP contribution in [0.5, 0.6) is 0 Å². The number of non-ortho nitro benzene ring substituents is 2. The molecule has 6 aromatic rings. The monoisotopic (exact) mass is 484 g/mol. The van der Waals surface area contributed by atoms with Crippen molar-refractivity contribution in [2.24, 2.45) is 0 Å². The molecule has 4 aromatic carbocycles. The van der Waals surface area contributed by atoms with Gasteiger partial charge in [0.1, 0.15) is 0 Å². The summed E-state index contributed by atoms with van der Waals surface area (Å²) in [5, 5.41) is 45.7. The molecule has 0 bridgehead atoms. The van der Waals surface area contributed by atoms with Crippen LogP contribution in [0.2, 0.25) is 0 Å².